The molecule has 6 nitrogen and oxygen atoms in total. The molecule has 0 unspecified atom stereocenters. The molecule has 0 aliphatic heterocycles. The van der Waals surface area contributed by atoms with Gasteiger partial charge in [0.1, 0.15) is 5.75 Å². The molecular weight excluding hydrogens is 445 g/mol. The third-order valence-electron chi connectivity index (χ3n) is 4.40. The predicted molar refractivity (Wildman–Crippen MR) is 114 cm³/mol. The number of sulfonamides is 1. The molecule has 3 rings (SSSR count). The molecule has 10 heteroatoms. The number of carbonyl (C=O) groups excluding carboxylic acids is 1. The van der Waals surface area contributed by atoms with Crippen LogP contribution in [-0.2, 0) is 10.0 Å². The smallest absolute Gasteiger partial charge is 0.422 e. The minimum absolute atomic E-state index is 0.0122. The first-order chi connectivity index (χ1) is 15.1. The Bertz CT molecular complexity index is 1200. The highest BCUT2D eigenvalue weighted by Crippen LogP contribution is 2.27. The fraction of sp³-hybridized carbons (Fsp3) is 0.136. The summed E-state index contributed by atoms with van der Waals surface area (Å²) in [7, 11) is -2.56. The fourth-order valence-corrected chi connectivity index (χ4v) is 4.02. The van der Waals surface area contributed by atoms with Gasteiger partial charge in [-0.3, -0.25) is 9.10 Å². The van der Waals surface area contributed by atoms with E-state index in [2.05, 4.69) is 5.32 Å². The van der Waals surface area contributed by atoms with Crippen molar-refractivity contribution < 1.29 is 31.1 Å². The minimum Gasteiger partial charge on any atom is -0.482 e. The summed E-state index contributed by atoms with van der Waals surface area (Å²) in [6.45, 7) is -1.51. The third kappa shape index (κ3) is 5.58. The lowest BCUT2D eigenvalue weighted by molar-refractivity contribution is -0.153. The number of anilines is 2. The molecule has 3 aromatic carbocycles. The van der Waals surface area contributed by atoms with Crippen LogP contribution in [0.25, 0.3) is 0 Å². The van der Waals surface area contributed by atoms with Gasteiger partial charge < -0.3 is 10.1 Å². The SMILES string of the molecule is CN(c1ccccc1)S(=O)(=O)c1cccc(C(=O)Nc2ccccc2OCC(F)(F)F)c1. The summed E-state index contributed by atoms with van der Waals surface area (Å²) in [6.07, 6.45) is -4.54. The first kappa shape index (κ1) is 23.1. The summed E-state index contributed by atoms with van der Waals surface area (Å²) in [5, 5.41) is 2.46. The summed E-state index contributed by atoms with van der Waals surface area (Å²) in [5.41, 5.74) is 0.479. The van der Waals surface area contributed by atoms with Crippen LogP contribution < -0.4 is 14.4 Å². The summed E-state index contributed by atoms with van der Waals surface area (Å²) in [4.78, 5) is 12.6. The van der Waals surface area contributed by atoms with E-state index in [1.54, 1.807) is 30.3 Å². The molecule has 0 aromatic heterocycles. The van der Waals surface area contributed by atoms with E-state index in [9.17, 15) is 26.4 Å². The number of halogens is 3. The van der Waals surface area contributed by atoms with Crippen molar-refractivity contribution in [1.29, 1.82) is 0 Å². The van der Waals surface area contributed by atoms with E-state index in [0.717, 1.165) is 4.31 Å². The zero-order valence-corrected chi connectivity index (χ0v) is 17.7. The summed E-state index contributed by atoms with van der Waals surface area (Å²) < 4.78 is 69.2. The van der Waals surface area contributed by atoms with E-state index in [4.69, 9.17) is 4.74 Å². The standard InChI is InChI=1S/C22H19F3N2O4S/c1-27(17-9-3-2-4-10-17)32(29,30)18-11-7-8-16(14-18)21(28)26-19-12-5-6-13-20(19)31-15-22(23,24)25/h2-14H,15H2,1H3,(H,26,28). The monoisotopic (exact) mass is 464 g/mol. The number of amides is 1. The quantitative estimate of drug-likeness (QED) is 0.550. The highest BCUT2D eigenvalue weighted by Gasteiger charge is 2.29. The topological polar surface area (TPSA) is 75.7 Å². The number of para-hydroxylation sites is 3. The molecule has 0 aliphatic carbocycles. The maximum Gasteiger partial charge on any atom is 0.422 e. The van der Waals surface area contributed by atoms with Gasteiger partial charge in [-0.2, -0.15) is 13.2 Å². The predicted octanol–water partition coefficient (Wildman–Crippen LogP) is 4.71. The molecule has 0 atom stereocenters. The van der Waals surface area contributed by atoms with Crippen LogP contribution in [0, 0.1) is 0 Å². The number of nitrogens with zero attached hydrogens (tertiary/aromatic N) is 1. The van der Waals surface area contributed by atoms with Gasteiger partial charge in [-0.25, -0.2) is 8.42 Å². The van der Waals surface area contributed by atoms with Gasteiger partial charge in [0.25, 0.3) is 15.9 Å². The Labute approximate surface area is 183 Å². The van der Waals surface area contributed by atoms with Crippen molar-refractivity contribution in [3.8, 4) is 5.75 Å². The highest BCUT2D eigenvalue weighted by molar-refractivity contribution is 7.92. The van der Waals surface area contributed by atoms with Crippen molar-refractivity contribution in [2.24, 2.45) is 0 Å². The Balaban J connectivity index is 1.82. The number of carbonyl (C=O) groups is 1. The van der Waals surface area contributed by atoms with Crippen LogP contribution in [0.4, 0.5) is 24.5 Å². The second-order valence-corrected chi connectivity index (χ2v) is 8.66. The van der Waals surface area contributed by atoms with Crippen molar-refractivity contribution in [2.45, 2.75) is 11.1 Å². The minimum atomic E-state index is -4.54. The van der Waals surface area contributed by atoms with E-state index < -0.39 is 28.7 Å². The highest BCUT2D eigenvalue weighted by atomic mass is 32.2. The summed E-state index contributed by atoms with van der Waals surface area (Å²) in [5.74, 6) is -0.863. The molecule has 0 saturated carbocycles. The van der Waals surface area contributed by atoms with Crippen molar-refractivity contribution in [3.05, 3.63) is 84.4 Å². The van der Waals surface area contributed by atoms with Gasteiger partial charge in [0, 0.05) is 12.6 Å². The molecular formula is C22H19F3N2O4S. The molecule has 0 saturated heterocycles. The number of ether oxygens (including phenoxy) is 1. The van der Waals surface area contributed by atoms with Crippen molar-refractivity contribution >= 4 is 27.3 Å². The first-order valence-electron chi connectivity index (χ1n) is 9.32. The Morgan fingerprint density at radius 1 is 0.969 bits per heavy atom. The van der Waals surface area contributed by atoms with Crippen LogP contribution in [0.15, 0.2) is 83.8 Å². The number of hydrogen-bond donors (Lipinski definition) is 1. The molecule has 0 bridgehead atoms. The lowest BCUT2D eigenvalue weighted by Gasteiger charge is -2.19. The second-order valence-electron chi connectivity index (χ2n) is 6.69. The molecule has 0 aliphatic rings. The van der Waals surface area contributed by atoms with Gasteiger partial charge in [0.2, 0.25) is 0 Å². The molecule has 168 valence electrons. The zero-order chi connectivity index (χ0) is 23.4. The lowest BCUT2D eigenvalue weighted by atomic mass is 10.2. The average molecular weight is 464 g/mol. The van der Waals surface area contributed by atoms with E-state index in [1.807, 2.05) is 0 Å². The zero-order valence-electron chi connectivity index (χ0n) is 16.8. The largest absolute Gasteiger partial charge is 0.482 e. The van der Waals surface area contributed by atoms with E-state index in [0.29, 0.717) is 5.69 Å². The van der Waals surface area contributed by atoms with Crippen molar-refractivity contribution in [2.75, 3.05) is 23.3 Å². The Kier molecular flexibility index (Phi) is 6.73. The van der Waals surface area contributed by atoms with E-state index in [-0.39, 0.29) is 21.9 Å². The van der Waals surface area contributed by atoms with Crippen LogP contribution in [-0.4, -0.2) is 34.2 Å². The lowest BCUT2D eigenvalue weighted by Crippen LogP contribution is -2.26. The average Bonchev–Trinajstić information content (AvgIpc) is 2.78. The van der Waals surface area contributed by atoms with Crippen LogP contribution in [0.5, 0.6) is 5.75 Å². The second kappa shape index (κ2) is 9.31. The van der Waals surface area contributed by atoms with Gasteiger partial charge in [0.05, 0.1) is 16.3 Å². The summed E-state index contributed by atoms with van der Waals surface area (Å²) >= 11 is 0. The molecule has 3 aromatic rings. The maximum atomic E-state index is 13.0. The van der Waals surface area contributed by atoms with E-state index >= 15 is 0 Å². The van der Waals surface area contributed by atoms with Gasteiger partial charge in [-0.05, 0) is 42.5 Å². The van der Waals surface area contributed by atoms with Gasteiger partial charge in [-0.1, -0.05) is 36.4 Å². The summed E-state index contributed by atoms with van der Waals surface area (Å²) in [6, 6.07) is 19.4. The maximum absolute atomic E-state index is 13.0. The van der Waals surface area contributed by atoms with Gasteiger partial charge in [-0.15, -0.1) is 0 Å². The first-order valence-corrected chi connectivity index (χ1v) is 10.8. The number of hydrogen-bond acceptors (Lipinski definition) is 4. The van der Waals surface area contributed by atoms with Gasteiger partial charge in [0.15, 0.2) is 6.61 Å². The van der Waals surface area contributed by atoms with Crippen LogP contribution in [0.2, 0.25) is 0 Å². The number of alkyl halides is 3. The Morgan fingerprint density at radius 3 is 2.31 bits per heavy atom. The molecule has 0 spiro atoms. The van der Waals surface area contributed by atoms with Gasteiger partial charge >= 0.3 is 6.18 Å². The number of nitrogens with one attached hydrogen (secondary N) is 1. The Hall–Kier alpha value is -3.53. The molecule has 0 heterocycles. The molecule has 0 radical (unpaired) electrons. The number of rotatable bonds is 7. The van der Waals surface area contributed by atoms with Crippen molar-refractivity contribution in [3.63, 3.8) is 0 Å². The molecule has 32 heavy (non-hydrogen) atoms. The molecule has 1 N–H and O–H groups in total. The fourth-order valence-electron chi connectivity index (χ4n) is 2.78. The van der Waals surface area contributed by atoms with Crippen LogP contribution in [0.3, 0.4) is 0 Å². The normalized spacial score (nSPS) is 11.6. The van der Waals surface area contributed by atoms with Crippen LogP contribution >= 0.6 is 0 Å². The molecule has 1 amide bonds. The Morgan fingerprint density at radius 2 is 1.62 bits per heavy atom. The molecule has 0 fully saturated rings. The third-order valence-corrected chi connectivity index (χ3v) is 6.18. The number of benzene rings is 3. The van der Waals surface area contributed by atoms with Crippen LogP contribution in [0.1, 0.15) is 10.4 Å². The van der Waals surface area contributed by atoms with E-state index in [1.165, 1.54) is 55.6 Å². The van der Waals surface area contributed by atoms with Crippen molar-refractivity contribution in [1.82, 2.24) is 0 Å².